The summed E-state index contributed by atoms with van der Waals surface area (Å²) in [4.78, 5) is 10.7. The van der Waals surface area contributed by atoms with Crippen LogP contribution in [0.5, 0.6) is 0 Å². The van der Waals surface area contributed by atoms with E-state index in [1.807, 2.05) is 17.2 Å². The van der Waals surface area contributed by atoms with E-state index >= 15 is 0 Å². The van der Waals surface area contributed by atoms with Crippen molar-refractivity contribution in [2.24, 2.45) is 5.41 Å². The van der Waals surface area contributed by atoms with Crippen molar-refractivity contribution in [2.45, 2.75) is 38.5 Å². The molecule has 3 nitrogen and oxygen atoms in total. The van der Waals surface area contributed by atoms with Gasteiger partial charge in [-0.2, -0.15) is 0 Å². The van der Waals surface area contributed by atoms with Crippen molar-refractivity contribution in [1.29, 1.82) is 0 Å². The fourth-order valence-corrected chi connectivity index (χ4v) is 3.86. The van der Waals surface area contributed by atoms with Crippen LogP contribution in [0.2, 0.25) is 5.15 Å². The van der Waals surface area contributed by atoms with Gasteiger partial charge in [0, 0.05) is 37.3 Å². The Morgan fingerprint density at radius 3 is 2.57 bits per heavy atom. The van der Waals surface area contributed by atoms with Crippen LogP contribution in [0.15, 0.2) is 18.5 Å². The highest BCUT2D eigenvalue weighted by atomic mass is 35.5. The topological polar surface area (TPSA) is 29.0 Å². The molecule has 2 fully saturated rings. The highest BCUT2D eigenvalue weighted by molar-refractivity contribution is 6.30. The van der Waals surface area contributed by atoms with E-state index in [4.69, 9.17) is 11.6 Å². The second-order valence-electron chi connectivity index (χ2n) is 7.08. The standard InChI is InChI=1S/C17H18ClF2N3/c1-10(2)12-6-22-15(13-7-21-14(18)5-11(12)13)23-4-3-16(9-23)8-17(16,19)20/h5-7,10H,3-4,8-9H2,1-2H3. The van der Waals surface area contributed by atoms with Gasteiger partial charge in [-0.3, -0.25) is 0 Å². The summed E-state index contributed by atoms with van der Waals surface area (Å²) >= 11 is 6.06. The molecule has 0 aromatic carbocycles. The minimum absolute atomic E-state index is 0.00257. The Balaban J connectivity index is 1.79. The van der Waals surface area contributed by atoms with Gasteiger partial charge in [0.25, 0.3) is 5.92 Å². The maximum atomic E-state index is 13.6. The zero-order chi connectivity index (χ0) is 16.4. The van der Waals surface area contributed by atoms with Crippen LogP contribution in [-0.2, 0) is 0 Å². The Labute approximate surface area is 138 Å². The van der Waals surface area contributed by atoms with Gasteiger partial charge in [0.15, 0.2) is 0 Å². The Morgan fingerprint density at radius 2 is 1.96 bits per heavy atom. The molecule has 0 bridgehead atoms. The van der Waals surface area contributed by atoms with Crippen molar-refractivity contribution in [3.8, 4) is 0 Å². The Hall–Kier alpha value is -1.49. The lowest BCUT2D eigenvalue weighted by molar-refractivity contribution is 0.0711. The van der Waals surface area contributed by atoms with Crippen LogP contribution in [-0.4, -0.2) is 29.0 Å². The normalized spacial score (nSPS) is 25.7. The van der Waals surface area contributed by atoms with Crippen LogP contribution in [0.4, 0.5) is 14.6 Å². The predicted molar refractivity (Wildman–Crippen MR) is 87.5 cm³/mol. The van der Waals surface area contributed by atoms with E-state index in [0.717, 1.165) is 22.2 Å². The molecule has 1 spiro atoms. The summed E-state index contributed by atoms with van der Waals surface area (Å²) in [7, 11) is 0. The van der Waals surface area contributed by atoms with E-state index in [0.29, 0.717) is 30.6 Å². The lowest BCUT2D eigenvalue weighted by Crippen LogP contribution is -2.23. The fraction of sp³-hybridized carbons (Fsp3) is 0.529. The van der Waals surface area contributed by atoms with Gasteiger partial charge in [-0.15, -0.1) is 0 Å². The second-order valence-corrected chi connectivity index (χ2v) is 7.46. The third-order valence-electron chi connectivity index (χ3n) is 5.24. The first-order valence-electron chi connectivity index (χ1n) is 7.90. The molecular formula is C17H18ClF2N3. The smallest absolute Gasteiger partial charge is 0.256 e. The summed E-state index contributed by atoms with van der Waals surface area (Å²) in [6.07, 6.45) is 4.08. The summed E-state index contributed by atoms with van der Waals surface area (Å²) in [6.45, 7) is 5.17. The minimum atomic E-state index is -2.52. The van der Waals surface area contributed by atoms with Gasteiger partial charge in [0.05, 0.1) is 5.41 Å². The van der Waals surface area contributed by atoms with Crippen LogP contribution in [0.25, 0.3) is 10.8 Å². The molecule has 0 N–H and O–H groups in total. The minimum Gasteiger partial charge on any atom is -0.355 e. The van der Waals surface area contributed by atoms with Gasteiger partial charge in [0.2, 0.25) is 0 Å². The van der Waals surface area contributed by atoms with E-state index in [2.05, 4.69) is 23.8 Å². The average Bonchev–Trinajstić information content (AvgIpc) is 2.81. The van der Waals surface area contributed by atoms with Gasteiger partial charge >= 0.3 is 0 Å². The van der Waals surface area contributed by atoms with E-state index in [1.54, 1.807) is 6.20 Å². The van der Waals surface area contributed by atoms with Crippen molar-refractivity contribution in [2.75, 3.05) is 18.0 Å². The first kappa shape index (κ1) is 15.1. The number of rotatable bonds is 2. The molecule has 0 radical (unpaired) electrons. The van der Waals surface area contributed by atoms with Gasteiger partial charge in [-0.05, 0) is 29.4 Å². The predicted octanol–water partition coefficient (Wildman–Crippen LogP) is 4.64. The SMILES string of the molecule is CC(C)c1cnc(N2CCC3(C2)CC3(F)F)c2cnc(Cl)cc12. The second kappa shape index (κ2) is 4.76. The molecule has 122 valence electrons. The van der Waals surface area contributed by atoms with Crippen LogP contribution < -0.4 is 4.90 Å². The average molecular weight is 338 g/mol. The van der Waals surface area contributed by atoms with Crippen LogP contribution >= 0.6 is 11.6 Å². The molecule has 2 aliphatic rings. The molecule has 1 aliphatic heterocycles. The van der Waals surface area contributed by atoms with Crippen molar-refractivity contribution in [1.82, 2.24) is 9.97 Å². The number of aromatic nitrogens is 2. The number of hydrogen-bond donors (Lipinski definition) is 0. The molecule has 1 aliphatic carbocycles. The molecule has 6 heteroatoms. The quantitative estimate of drug-likeness (QED) is 0.747. The summed E-state index contributed by atoms with van der Waals surface area (Å²) in [6, 6.07) is 1.84. The van der Waals surface area contributed by atoms with Crippen molar-refractivity contribution in [3.63, 3.8) is 0 Å². The van der Waals surface area contributed by atoms with Crippen molar-refractivity contribution in [3.05, 3.63) is 29.2 Å². The van der Waals surface area contributed by atoms with Gasteiger partial charge in [-0.1, -0.05) is 25.4 Å². The van der Waals surface area contributed by atoms with E-state index in [-0.39, 0.29) is 6.42 Å². The highest BCUT2D eigenvalue weighted by Gasteiger charge is 2.72. The first-order chi connectivity index (χ1) is 10.8. The van der Waals surface area contributed by atoms with Crippen molar-refractivity contribution >= 4 is 28.2 Å². The number of fused-ring (bicyclic) bond motifs is 1. The monoisotopic (exact) mass is 337 g/mol. The van der Waals surface area contributed by atoms with Gasteiger partial charge in [0.1, 0.15) is 11.0 Å². The molecular weight excluding hydrogens is 320 g/mol. The fourth-order valence-electron chi connectivity index (χ4n) is 3.71. The van der Waals surface area contributed by atoms with Crippen molar-refractivity contribution < 1.29 is 8.78 Å². The number of alkyl halides is 2. The summed E-state index contributed by atoms with van der Waals surface area (Å²) in [5, 5.41) is 2.33. The molecule has 2 aromatic heterocycles. The molecule has 0 amide bonds. The molecule has 1 atom stereocenters. The largest absolute Gasteiger partial charge is 0.355 e. The number of hydrogen-bond acceptors (Lipinski definition) is 3. The molecule has 1 saturated carbocycles. The zero-order valence-corrected chi connectivity index (χ0v) is 13.9. The van der Waals surface area contributed by atoms with Crippen LogP contribution in [0.1, 0.15) is 38.2 Å². The van der Waals surface area contributed by atoms with Crippen LogP contribution in [0.3, 0.4) is 0 Å². The summed E-state index contributed by atoms with van der Waals surface area (Å²) in [5.41, 5.74) is 0.260. The maximum absolute atomic E-state index is 13.6. The van der Waals surface area contributed by atoms with E-state index in [9.17, 15) is 8.78 Å². The zero-order valence-electron chi connectivity index (χ0n) is 13.1. The molecule has 23 heavy (non-hydrogen) atoms. The first-order valence-corrected chi connectivity index (χ1v) is 8.28. The number of halogens is 3. The van der Waals surface area contributed by atoms with Gasteiger partial charge in [-0.25, -0.2) is 18.7 Å². The Morgan fingerprint density at radius 1 is 1.22 bits per heavy atom. The molecule has 1 saturated heterocycles. The number of nitrogens with zero attached hydrogens (tertiary/aromatic N) is 3. The van der Waals surface area contributed by atoms with E-state index < -0.39 is 11.3 Å². The number of anilines is 1. The molecule has 3 heterocycles. The third kappa shape index (κ3) is 2.20. The highest BCUT2D eigenvalue weighted by Crippen LogP contribution is 2.65. The lowest BCUT2D eigenvalue weighted by atomic mass is 9.99. The maximum Gasteiger partial charge on any atom is 0.256 e. The third-order valence-corrected chi connectivity index (χ3v) is 5.44. The summed E-state index contributed by atoms with van der Waals surface area (Å²) < 4.78 is 27.3. The molecule has 2 aromatic rings. The molecule has 4 rings (SSSR count). The van der Waals surface area contributed by atoms with Crippen LogP contribution in [0, 0.1) is 5.41 Å². The van der Waals surface area contributed by atoms with Gasteiger partial charge < -0.3 is 4.90 Å². The number of pyridine rings is 2. The van der Waals surface area contributed by atoms with E-state index in [1.165, 1.54) is 0 Å². The lowest BCUT2D eigenvalue weighted by Gasteiger charge is -2.21. The Kier molecular flexibility index (Phi) is 3.12. The summed E-state index contributed by atoms with van der Waals surface area (Å²) in [5.74, 6) is -1.47. The Bertz CT molecular complexity index is 793. The molecule has 1 unspecified atom stereocenters.